The van der Waals surface area contributed by atoms with E-state index in [0.717, 1.165) is 24.7 Å². The molecule has 0 amide bonds. The Morgan fingerprint density at radius 2 is 2.33 bits per heavy atom. The van der Waals surface area contributed by atoms with E-state index >= 15 is 0 Å². The molecule has 0 aromatic rings. The molecule has 1 atom stereocenters. The summed E-state index contributed by atoms with van der Waals surface area (Å²) >= 11 is 0. The minimum atomic E-state index is 0.0288. The van der Waals surface area contributed by atoms with Crippen LogP contribution in [0, 0.1) is 5.41 Å². The molecule has 0 aromatic heterocycles. The zero-order valence-electron chi connectivity index (χ0n) is 7.84. The summed E-state index contributed by atoms with van der Waals surface area (Å²) in [4.78, 5) is 0. The van der Waals surface area contributed by atoms with Crippen LogP contribution < -0.4 is 0 Å². The minimum Gasteiger partial charge on any atom is -0.396 e. The van der Waals surface area contributed by atoms with E-state index in [0.29, 0.717) is 0 Å². The fourth-order valence-electron chi connectivity index (χ4n) is 1.77. The lowest BCUT2D eigenvalue weighted by molar-refractivity contribution is 0.129. The predicted molar refractivity (Wildman–Crippen MR) is 52.1 cm³/mol. The van der Waals surface area contributed by atoms with Crippen molar-refractivity contribution in [1.29, 1.82) is 0 Å². The van der Waals surface area contributed by atoms with Gasteiger partial charge >= 0.3 is 0 Å². The number of hydrogen-bond donors (Lipinski definition) is 1. The molecule has 0 bridgehead atoms. The van der Waals surface area contributed by atoms with Crippen LogP contribution in [0.2, 0.25) is 0 Å². The smallest absolute Gasteiger partial charge is 0.107 e. The summed E-state index contributed by atoms with van der Waals surface area (Å²) in [5.41, 5.74) is 0.979. The molecule has 0 saturated carbocycles. The van der Waals surface area contributed by atoms with Gasteiger partial charge in [-0.1, -0.05) is 19.4 Å². The van der Waals surface area contributed by atoms with Gasteiger partial charge in [0, 0.05) is 6.61 Å². The van der Waals surface area contributed by atoms with Gasteiger partial charge in [-0.15, -0.1) is 5.47 Å². The molecule has 1 rings (SSSR count). The molecule has 0 heterocycles. The highest BCUT2D eigenvalue weighted by molar-refractivity contribution is 6.21. The Bertz CT molecular complexity index is 177. The topological polar surface area (TPSA) is 20.2 Å². The SMILES string of the molecule is [B]/C1=C/CCCCC(C)(CO)C1. The van der Waals surface area contributed by atoms with Gasteiger partial charge in [0.2, 0.25) is 0 Å². The van der Waals surface area contributed by atoms with Crippen molar-refractivity contribution in [2.45, 2.75) is 39.0 Å². The summed E-state index contributed by atoms with van der Waals surface area (Å²) in [5, 5.41) is 9.20. The van der Waals surface area contributed by atoms with Gasteiger partial charge in [-0.2, -0.15) is 0 Å². The molecule has 2 heteroatoms. The fraction of sp³-hybridized carbons (Fsp3) is 0.800. The third-order valence-electron chi connectivity index (χ3n) is 2.65. The van der Waals surface area contributed by atoms with E-state index < -0.39 is 0 Å². The van der Waals surface area contributed by atoms with Crippen LogP contribution in [0.25, 0.3) is 0 Å². The summed E-state index contributed by atoms with van der Waals surface area (Å²) < 4.78 is 0. The van der Waals surface area contributed by atoms with Crippen LogP contribution in [-0.4, -0.2) is 19.6 Å². The second-order valence-electron chi connectivity index (χ2n) is 4.17. The Balaban J connectivity index is 2.63. The van der Waals surface area contributed by atoms with Crippen LogP contribution >= 0.6 is 0 Å². The third kappa shape index (κ3) is 2.67. The molecule has 12 heavy (non-hydrogen) atoms. The Hall–Kier alpha value is -0.235. The molecule has 66 valence electrons. The van der Waals surface area contributed by atoms with Crippen LogP contribution in [0.1, 0.15) is 39.0 Å². The van der Waals surface area contributed by atoms with E-state index in [1.165, 1.54) is 12.8 Å². The maximum atomic E-state index is 9.20. The molecule has 0 spiro atoms. The van der Waals surface area contributed by atoms with E-state index in [1.54, 1.807) is 0 Å². The van der Waals surface area contributed by atoms with Crippen molar-refractivity contribution in [3.63, 3.8) is 0 Å². The standard InChI is InChI=1S/C10H17BO/c1-10(8-12)6-4-2-3-5-9(11)7-10/h5,12H,2-4,6-8H2,1H3/b9-5+. The van der Waals surface area contributed by atoms with Gasteiger partial charge < -0.3 is 5.11 Å². The molecule has 0 saturated heterocycles. The first kappa shape index (κ1) is 9.85. The van der Waals surface area contributed by atoms with Crippen molar-refractivity contribution in [3.8, 4) is 0 Å². The van der Waals surface area contributed by atoms with E-state index in [1.807, 2.05) is 0 Å². The highest BCUT2D eigenvalue weighted by Gasteiger charge is 2.23. The summed E-state index contributed by atoms with van der Waals surface area (Å²) in [6, 6.07) is 0. The highest BCUT2D eigenvalue weighted by atomic mass is 16.3. The first-order valence-corrected chi connectivity index (χ1v) is 4.72. The van der Waals surface area contributed by atoms with Gasteiger partial charge in [0.25, 0.3) is 0 Å². The van der Waals surface area contributed by atoms with Crippen molar-refractivity contribution >= 4 is 7.85 Å². The number of rotatable bonds is 1. The first-order valence-electron chi connectivity index (χ1n) is 4.72. The maximum absolute atomic E-state index is 9.20. The molecule has 1 aliphatic carbocycles. The number of aliphatic hydroxyl groups excluding tert-OH is 1. The van der Waals surface area contributed by atoms with E-state index in [-0.39, 0.29) is 12.0 Å². The maximum Gasteiger partial charge on any atom is 0.107 e. The van der Waals surface area contributed by atoms with Crippen molar-refractivity contribution in [2.24, 2.45) is 5.41 Å². The number of allylic oxidation sites excluding steroid dienone is 2. The quantitative estimate of drug-likeness (QED) is 0.587. The van der Waals surface area contributed by atoms with Crippen LogP contribution in [0.3, 0.4) is 0 Å². The van der Waals surface area contributed by atoms with Crippen LogP contribution in [-0.2, 0) is 0 Å². The summed E-state index contributed by atoms with van der Waals surface area (Å²) in [7, 11) is 5.81. The van der Waals surface area contributed by atoms with Crippen LogP contribution in [0.4, 0.5) is 0 Å². The van der Waals surface area contributed by atoms with E-state index in [4.69, 9.17) is 7.85 Å². The van der Waals surface area contributed by atoms with Gasteiger partial charge in [-0.05, 0) is 31.1 Å². The predicted octanol–water partition coefficient (Wildman–Crippen LogP) is 2.00. The Morgan fingerprint density at radius 3 is 3.00 bits per heavy atom. The number of aliphatic hydroxyl groups is 1. The molecule has 1 aliphatic rings. The van der Waals surface area contributed by atoms with Crippen molar-refractivity contribution in [3.05, 3.63) is 11.5 Å². The largest absolute Gasteiger partial charge is 0.396 e. The third-order valence-corrected chi connectivity index (χ3v) is 2.65. The van der Waals surface area contributed by atoms with Gasteiger partial charge in [0.1, 0.15) is 7.85 Å². The van der Waals surface area contributed by atoms with Crippen molar-refractivity contribution < 1.29 is 5.11 Å². The van der Waals surface area contributed by atoms with Gasteiger partial charge in [-0.3, -0.25) is 0 Å². The first-order chi connectivity index (χ1) is 5.66. The Labute approximate surface area is 76.3 Å². The Kier molecular flexibility index (Phi) is 3.39. The molecular weight excluding hydrogens is 147 g/mol. The molecule has 0 aliphatic heterocycles. The lowest BCUT2D eigenvalue weighted by Crippen LogP contribution is -2.23. The van der Waals surface area contributed by atoms with Gasteiger partial charge in [-0.25, -0.2) is 0 Å². The lowest BCUT2D eigenvalue weighted by Gasteiger charge is -2.29. The minimum absolute atomic E-state index is 0.0288. The molecule has 1 unspecified atom stereocenters. The molecular formula is C10H17BO. The summed E-state index contributed by atoms with van der Waals surface area (Å²) in [5.74, 6) is 0. The molecule has 2 radical (unpaired) electrons. The zero-order valence-corrected chi connectivity index (χ0v) is 7.84. The number of hydrogen-bond acceptors (Lipinski definition) is 1. The second-order valence-corrected chi connectivity index (χ2v) is 4.17. The van der Waals surface area contributed by atoms with Gasteiger partial charge in [0.05, 0.1) is 0 Å². The van der Waals surface area contributed by atoms with Crippen molar-refractivity contribution in [2.75, 3.05) is 6.61 Å². The zero-order chi connectivity index (χ0) is 9.03. The van der Waals surface area contributed by atoms with Gasteiger partial charge in [0.15, 0.2) is 0 Å². The molecule has 0 aromatic carbocycles. The summed E-state index contributed by atoms with van der Waals surface area (Å²) in [6.45, 7) is 2.36. The lowest BCUT2D eigenvalue weighted by atomic mass is 9.73. The average Bonchev–Trinajstić information content (AvgIpc) is 2.01. The molecule has 0 fully saturated rings. The highest BCUT2D eigenvalue weighted by Crippen LogP contribution is 2.32. The fourth-order valence-corrected chi connectivity index (χ4v) is 1.77. The van der Waals surface area contributed by atoms with Crippen LogP contribution in [0.5, 0.6) is 0 Å². The van der Waals surface area contributed by atoms with Crippen LogP contribution in [0.15, 0.2) is 11.5 Å². The Morgan fingerprint density at radius 1 is 1.58 bits per heavy atom. The van der Waals surface area contributed by atoms with Crippen molar-refractivity contribution in [1.82, 2.24) is 0 Å². The normalized spacial score (nSPS) is 36.3. The second kappa shape index (κ2) is 4.13. The summed E-state index contributed by atoms with van der Waals surface area (Å²) in [6.07, 6.45) is 7.57. The molecule has 1 N–H and O–H groups in total. The van der Waals surface area contributed by atoms with E-state index in [2.05, 4.69) is 13.0 Å². The average molecular weight is 164 g/mol. The molecule has 1 nitrogen and oxygen atoms in total. The van der Waals surface area contributed by atoms with E-state index in [9.17, 15) is 5.11 Å². The monoisotopic (exact) mass is 164 g/mol.